The Morgan fingerprint density at radius 3 is 2.45 bits per heavy atom. The fraction of sp³-hybridized carbons (Fsp3) is 0.435. The third-order valence-electron chi connectivity index (χ3n) is 5.95. The Morgan fingerprint density at radius 1 is 0.909 bits per heavy atom. The monoisotopic (exact) mass is 465 g/mol. The standard InChI is InChI=1S/C23H27N7O2S/c31-17-28-7-9-30(10-8-28)23-26-20-19(21(27-23)29-11-13-32-14-12-29)24-16-25-22(20)33-15-6-18-4-2-1-3-5-18/h1-5,16-17H,6-15H2. The van der Waals surface area contributed by atoms with Gasteiger partial charge in [-0.3, -0.25) is 4.79 Å². The van der Waals surface area contributed by atoms with Crippen LogP contribution >= 0.6 is 11.8 Å². The van der Waals surface area contributed by atoms with E-state index in [-0.39, 0.29) is 0 Å². The molecule has 2 aliphatic rings. The molecule has 172 valence electrons. The highest BCUT2D eigenvalue weighted by molar-refractivity contribution is 7.99. The van der Waals surface area contributed by atoms with Crippen LogP contribution in [0.15, 0.2) is 41.7 Å². The number of rotatable bonds is 7. The molecule has 0 N–H and O–H groups in total. The number of carbonyl (C=O) groups excluding carboxylic acids is 1. The number of fused-ring (bicyclic) bond motifs is 1. The summed E-state index contributed by atoms with van der Waals surface area (Å²) in [5.41, 5.74) is 2.88. The van der Waals surface area contributed by atoms with Crippen molar-refractivity contribution in [1.29, 1.82) is 0 Å². The van der Waals surface area contributed by atoms with Gasteiger partial charge in [0, 0.05) is 45.0 Å². The molecular weight excluding hydrogens is 438 g/mol. The van der Waals surface area contributed by atoms with Gasteiger partial charge in [-0.25, -0.2) is 15.0 Å². The van der Waals surface area contributed by atoms with Crippen LogP contribution in [0, 0.1) is 0 Å². The van der Waals surface area contributed by atoms with Gasteiger partial charge in [0.15, 0.2) is 5.82 Å². The van der Waals surface area contributed by atoms with Gasteiger partial charge >= 0.3 is 0 Å². The Bertz CT molecular complexity index is 1090. The number of benzene rings is 1. The molecule has 0 aliphatic carbocycles. The number of thioether (sulfide) groups is 1. The summed E-state index contributed by atoms with van der Waals surface area (Å²) in [5, 5.41) is 0.876. The number of amides is 1. The zero-order valence-electron chi connectivity index (χ0n) is 18.5. The molecule has 1 aromatic carbocycles. The summed E-state index contributed by atoms with van der Waals surface area (Å²) in [6.45, 7) is 5.62. The molecule has 0 atom stereocenters. The van der Waals surface area contributed by atoms with Crippen molar-refractivity contribution < 1.29 is 9.53 Å². The highest BCUT2D eigenvalue weighted by atomic mass is 32.2. The second kappa shape index (κ2) is 10.3. The van der Waals surface area contributed by atoms with Crippen molar-refractivity contribution in [3.05, 3.63) is 42.2 Å². The first kappa shape index (κ1) is 21.8. The summed E-state index contributed by atoms with van der Waals surface area (Å²) in [5.74, 6) is 2.41. The normalized spacial score (nSPS) is 16.9. The highest BCUT2D eigenvalue weighted by Gasteiger charge is 2.24. The predicted molar refractivity (Wildman–Crippen MR) is 129 cm³/mol. The molecule has 0 unspecified atom stereocenters. The fourth-order valence-corrected chi connectivity index (χ4v) is 5.01. The highest BCUT2D eigenvalue weighted by Crippen LogP contribution is 2.31. The lowest BCUT2D eigenvalue weighted by atomic mass is 10.2. The first-order valence-electron chi connectivity index (χ1n) is 11.3. The minimum absolute atomic E-state index is 0.668. The smallest absolute Gasteiger partial charge is 0.228 e. The van der Waals surface area contributed by atoms with Gasteiger partial charge < -0.3 is 19.4 Å². The molecule has 2 saturated heterocycles. The fourth-order valence-electron chi connectivity index (χ4n) is 4.08. The Morgan fingerprint density at radius 2 is 1.70 bits per heavy atom. The maximum absolute atomic E-state index is 11.1. The number of aryl methyl sites for hydroxylation is 1. The Kier molecular flexibility index (Phi) is 6.82. The van der Waals surface area contributed by atoms with Crippen LogP contribution in [0.1, 0.15) is 5.56 Å². The van der Waals surface area contributed by atoms with Crippen molar-refractivity contribution in [1.82, 2.24) is 24.8 Å². The minimum Gasteiger partial charge on any atom is -0.378 e. The van der Waals surface area contributed by atoms with Crippen LogP contribution in [0.5, 0.6) is 0 Å². The SMILES string of the molecule is O=CN1CCN(c2nc(N3CCOCC3)c3ncnc(SCCc4ccccc4)c3n2)CC1. The van der Waals surface area contributed by atoms with Crippen molar-refractivity contribution in [3.63, 3.8) is 0 Å². The zero-order chi connectivity index (χ0) is 22.5. The number of carbonyl (C=O) groups is 1. The van der Waals surface area contributed by atoms with Gasteiger partial charge in [-0.05, 0) is 12.0 Å². The van der Waals surface area contributed by atoms with E-state index in [2.05, 4.69) is 44.0 Å². The quantitative estimate of drug-likeness (QED) is 0.295. The summed E-state index contributed by atoms with van der Waals surface area (Å²) >= 11 is 1.70. The van der Waals surface area contributed by atoms with E-state index in [1.165, 1.54) is 5.56 Å². The molecule has 9 nitrogen and oxygen atoms in total. The number of piperazine rings is 1. The van der Waals surface area contributed by atoms with Crippen LogP contribution in [0.25, 0.3) is 11.0 Å². The van der Waals surface area contributed by atoms with Crippen LogP contribution in [0.3, 0.4) is 0 Å². The molecule has 10 heteroatoms. The van der Waals surface area contributed by atoms with Gasteiger partial charge in [0.05, 0.1) is 13.2 Å². The summed E-state index contributed by atoms with van der Waals surface area (Å²) in [6, 6.07) is 10.5. The van der Waals surface area contributed by atoms with Crippen molar-refractivity contribution in [2.75, 3.05) is 68.0 Å². The summed E-state index contributed by atoms with van der Waals surface area (Å²) < 4.78 is 5.55. The lowest BCUT2D eigenvalue weighted by Crippen LogP contribution is -2.46. The zero-order valence-corrected chi connectivity index (χ0v) is 19.3. The molecule has 0 bridgehead atoms. The van der Waals surface area contributed by atoms with E-state index >= 15 is 0 Å². The Balaban J connectivity index is 1.46. The van der Waals surface area contributed by atoms with Crippen LogP contribution < -0.4 is 9.80 Å². The second-order valence-electron chi connectivity index (χ2n) is 8.04. The van der Waals surface area contributed by atoms with E-state index in [0.717, 1.165) is 53.6 Å². The van der Waals surface area contributed by atoms with Gasteiger partial charge in [-0.2, -0.15) is 4.98 Å². The largest absolute Gasteiger partial charge is 0.378 e. The molecular formula is C23H27N7O2S. The molecule has 2 aliphatic heterocycles. The molecule has 5 rings (SSSR count). The summed E-state index contributed by atoms with van der Waals surface area (Å²) in [4.78, 5) is 36.3. The topological polar surface area (TPSA) is 87.6 Å². The van der Waals surface area contributed by atoms with Crippen molar-refractivity contribution in [3.8, 4) is 0 Å². The lowest BCUT2D eigenvalue weighted by Gasteiger charge is -2.34. The van der Waals surface area contributed by atoms with E-state index in [0.29, 0.717) is 45.3 Å². The molecule has 2 aromatic heterocycles. The van der Waals surface area contributed by atoms with Crippen LogP contribution in [-0.2, 0) is 16.0 Å². The first-order valence-corrected chi connectivity index (χ1v) is 12.3. The van der Waals surface area contributed by atoms with Crippen molar-refractivity contribution in [2.45, 2.75) is 11.4 Å². The maximum atomic E-state index is 11.1. The average molecular weight is 466 g/mol. The van der Waals surface area contributed by atoms with Gasteiger partial charge in [0.1, 0.15) is 22.4 Å². The van der Waals surface area contributed by atoms with Gasteiger partial charge in [0.25, 0.3) is 0 Å². The lowest BCUT2D eigenvalue weighted by molar-refractivity contribution is -0.118. The molecule has 1 amide bonds. The third kappa shape index (κ3) is 5.01. The second-order valence-corrected chi connectivity index (χ2v) is 9.12. The van der Waals surface area contributed by atoms with E-state index in [4.69, 9.17) is 14.7 Å². The number of ether oxygens (including phenoxy) is 1. The summed E-state index contributed by atoms with van der Waals surface area (Å²) in [6.07, 6.45) is 3.48. The van der Waals surface area contributed by atoms with Gasteiger partial charge in [-0.15, -0.1) is 11.8 Å². The van der Waals surface area contributed by atoms with Crippen molar-refractivity contribution >= 4 is 41.0 Å². The average Bonchev–Trinajstić information content (AvgIpc) is 2.89. The minimum atomic E-state index is 0.668. The predicted octanol–water partition coefficient (Wildman–Crippen LogP) is 1.87. The Labute approximate surface area is 197 Å². The van der Waals surface area contributed by atoms with E-state index in [1.54, 1.807) is 23.0 Å². The molecule has 33 heavy (non-hydrogen) atoms. The first-order chi connectivity index (χ1) is 16.3. The van der Waals surface area contributed by atoms with E-state index in [9.17, 15) is 4.79 Å². The molecule has 0 saturated carbocycles. The number of anilines is 2. The summed E-state index contributed by atoms with van der Waals surface area (Å²) in [7, 11) is 0. The number of hydrogen-bond acceptors (Lipinski definition) is 9. The molecule has 3 aromatic rings. The van der Waals surface area contributed by atoms with E-state index in [1.807, 2.05) is 6.07 Å². The van der Waals surface area contributed by atoms with Crippen molar-refractivity contribution in [2.24, 2.45) is 0 Å². The van der Waals surface area contributed by atoms with Gasteiger partial charge in [-0.1, -0.05) is 30.3 Å². The Hall–Kier alpha value is -2.98. The molecule has 0 spiro atoms. The van der Waals surface area contributed by atoms with Gasteiger partial charge in [0.2, 0.25) is 12.4 Å². The molecule has 4 heterocycles. The number of hydrogen-bond donors (Lipinski definition) is 0. The number of morpholine rings is 1. The molecule has 0 radical (unpaired) electrons. The van der Waals surface area contributed by atoms with Crippen LogP contribution in [0.2, 0.25) is 0 Å². The van der Waals surface area contributed by atoms with Crippen LogP contribution in [-0.4, -0.2) is 89.5 Å². The third-order valence-corrected chi connectivity index (χ3v) is 6.93. The maximum Gasteiger partial charge on any atom is 0.228 e. The van der Waals surface area contributed by atoms with Crippen LogP contribution in [0.4, 0.5) is 11.8 Å². The molecule has 2 fully saturated rings. The number of aromatic nitrogens is 4. The number of nitrogens with zero attached hydrogens (tertiary/aromatic N) is 7. The van der Waals surface area contributed by atoms with E-state index < -0.39 is 0 Å².